The van der Waals surface area contributed by atoms with Gasteiger partial charge in [-0.05, 0) is 27.7 Å². The van der Waals surface area contributed by atoms with Crippen molar-refractivity contribution in [1.29, 1.82) is 0 Å². The lowest BCUT2D eigenvalue weighted by molar-refractivity contribution is 0.119. The minimum Gasteiger partial charge on any atom is -0.457 e. The molecule has 0 radical (unpaired) electrons. The molecule has 0 aliphatic carbocycles. The summed E-state index contributed by atoms with van der Waals surface area (Å²) < 4.78 is 11.1. The molecule has 4 heteroatoms. The second kappa shape index (κ2) is 5.69. The molecule has 0 saturated heterocycles. The number of aromatic nitrogens is 2. The van der Waals surface area contributed by atoms with Gasteiger partial charge in [0, 0.05) is 47.0 Å². The van der Waals surface area contributed by atoms with Crippen molar-refractivity contribution in [3.8, 4) is 11.5 Å². The molecule has 2 rings (SSSR count). The van der Waals surface area contributed by atoms with Crippen molar-refractivity contribution in [3.05, 3.63) is 47.0 Å². The van der Waals surface area contributed by atoms with Gasteiger partial charge in [-0.3, -0.25) is 9.97 Å². The van der Waals surface area contributed by atoms with E-state index in [4.69, 9.17) is 9.47 Å². The topological polar surface area (TPSA) is 44.2 Å². The van der Waals surface area contributed by atoms with Crippen LogP contribution in [0.4, 0.5) is 0 Å². The number of pyridine rings is 2. The van der Waals surface area contributed by atoms with Crippen molar-refractivity contribution in [2.75, 3.05) is 6.79 Å². The molecule has 0 fully saturated rings. The third-order valence-electron chi connectivity index (χ3n) is 2.56. The van der Waals surface area contributed by atoms with Crippen LogP contribution in [-0.4, -0.2) is 16.8 Å². The highest BCUT2D eigenvalue weighted by atomic mass is 16.7. The van der Waals surface area contributed by atoms with Gasteiger partial charge in [-0.2, -0.15) is 0 Å². The fourth-order valence-electron chi connectivity index (χ4n) is 1.92. The van der Waals surface area contributed by atoms with Gasteiger partial charge in [0.1, 0.15) is 11.5 Å². The first-order valence-corrected chi connectivity index (χ1v) is 6.19. The lowest BCUT2D eigenvalue weighted by atomic mass is 10.3. The Morgan fingerprint density at radius 1 is 0.684 bits per heavy atom. The predicted molar refractivity (Wildman–Crippen MR) is 73.5 cm³/mol. The van der Waals surface area contributed by atoms with Crippen LogP contribution < -0.4 is 9.47 Å². The van der Waals surface area contributed by atoms with Gasteiger partial charge >= 0.3 is 0 Å². The first-order valence-electron chi connectivity index (χ1n) is 6.19. The summed E-state index contributed by atoms with van der Waals surface area (Å²) in [6.45, 7) is 7.94. The van der Waals surface area contributed by atoms with Crippen molar-refractivity contribution in [2.24, 2.45) is 0 Å². The zero-order valence-electron chi connectivity index (χ0n) is 11.7. The number of hydrogen-bond acceptors (Lipinski definition) is 4. The third kappa shape index (κ3) is 3.95. The molecule has 0 bridgehead atoms. The molecule has 0 aliphatic rings. The van der Waals surface area contributed by atoms with Gasteiger partial charge < -0.3 is 9.47 Å². The number of ether oxygens (including phenoxy) is 2. The average molecular weight is 258 g/mol. The number of hydrogen-bond donors (Lipinski definition) is 0. The molecule has 0 aromatic carbocycles. The van der Waals surface area contributed by atoms with Gasteiger partial charge in [-0.25, -0.2) is 0 Å². The molecule has 0 saturated carbocycles. The summed E-state index contributed by atoms with van der Waals surface area (Å²) in [6, 6.07) is 7.55. The Morgan fingerprint density at radius 3 is 1.32 bits per heavy atom. The summed E-state index contributed by atoms with van der Waals surface area (Å²) >= 11 is 0. The number of nitrogens with zero attached hydrogens (tertiary/aromatic N) is 2. The second-order valence-electron chi connectivity index (χ2n) is 4.58. The van der Waals surface area contributed by atoms with E-state index >= 15 is 0 Å². The summed E-state index contributed by atoms with van der Waals surface area (Å²) in [5.74, 6) is 1.54. The largest absolute Gasteiger partial charge is 0.457 e. The second-order valence-corrected chi connectivity index (χ2v) is 4.58. The van der Waals surface area contributed by atoms with Gasteiger partial charge in [0.2, 0.25) is 6.79 Å². The van der Waals surface area contributed by atoms with Crippen molar-refractivity contribution in [3.63, 3.8) is 0 Å². The van der Waals surface area contributed by atoms with E-state index in [0.29, 0.717) is 0 Å². The minimum absolute atomic E-state index is 0.172. The fraction of sp³-hybridized carbons (Fsp3) is 0.333. The van der Waals surface area contributed by atoms with Crippen molar-refractivity contribution in [2.45, 2.75) is 27.7 Å². The maximum absolute atomic E-state index is 5.57. The first-order chi connectivity index (χ1) is 9.02. The Morgan fingerprint density at radius 2 is 1.00 bits per heavy atom. The van der Waals surface area contributed by atoms with E-state index in [1.54, 1.807) is 0 Å². The van der Waals surface area contributed by atoms with Crippen molar-refractivity contribution >= 4 is 0 Å². The summed E-state index contributed by atoms with van der Waals surface area (Å²) in [4.78, 5) is 8.59. The predicted octanol–water partition coefficient (Wildman–Crippen LogP) is 3.13. The van der Waals surface area contributed by atoms with Gasteiger partial charge in [0.25, 0.3) is 0 Å². The van der Waals surface area contributed by atoms with Gasteiger partial charge in [0.05, 0.1) is 0 Å². The Bertz CT molecular complexity index is 490. The normalized spacial score (nSPS) is 10.3. The van der Waals surface area contributed by atoms with Crippen LogP contribution in [0, 0.1) is 27.7 Å². The Labute approximate surface area is 113 Å². The van der Waals surface area contributed by atoms with Gasteiger partial charge in [-0.15, -0.1) is 0 Å². The van der Waals surface area contributed by atoms with Crippen LogP contribution in [0.1, 0.15) is 22.8 Å². The SMILES string of the molecule is Cc1cc(OCOc2cc(C)nc(C)c2)cc(C)n1. The third-order valence-corrected chi connectivity index (χ3v) is 2.56. The zero-order chi connectivity index (χ0) is 13.8. The van der Waals surface area contributed by atoms with E-state index < -0.39 is 0 Å². The van der Waals surface area contributed by atoms with Gasteiger partial charge in [-0.1, -0.05) is 0 Å². The van der Waals surface area contributed by atoms with Crippen molar-refractivity contribution in [1.82, 2.24) is 9.97 Å². The van der Waals surface area contributed by atoms with Gasteiger partial charge in [0.15, 0.2) is 0 Å². The van der Waals surface area contributed by atoms with E-state index in [0.717, 1.165) is 34.3 Å². The van der Waals surface area contributed by atoms with Crippen LogP contribution in [0.3, 0.4) is 0 Å². The maximum atomic E-state index is 5.57. The Kier molecular flexibility index (Phi) is 4.00. The van der Waals surface area contributed by atoms with E-state index in [1.807, 2.05) is 52.0 Å². The zero-order valence-corrected chi connectivity index (χ0v) is 11.7. The molecule has 2 heterocycles. The quantitative estimate of drug-likeness (QED) is 0.790. The lowest BCUT2D eigenvalue weighted by Crippen LogP contribution is -2.07. The summed E-state index contributed by atoms with van der Waals surface area (Å²) in [6.07, 6.45) is 0. The molecular formula is C15H18N2O2. The van der Waals surface area contributed by atoms with Crippen LogP contribution in [0.15, 0.2) is 24.3 Å². The van der Waals surface area contributed by atoms with Crippen LogP contribution in [-0.2, 0) is 0 Å². The maximum Gasteiger partial charge on any atom is 0.230 e. The number of rotatable bonds is 4. The molecule has 0 atom stereocenters. The smallest absolute Gasteiger partial charge is 0.230 e. The van der Waals surface area contributed by atoms with Crippen LogP contribution in [0.25, 0.3) is 0 Å². The van der Waals surface area contributed by atoms with E-state index in [1.165, 1.54) is 0 Å². The Hall–Kier alpha value is -2.10. The lowest BCUT2D eigenvalue weighted by Gasteiger charge is -2.10. The first kappa shape index (κ1) is 13.3. The molecule has 0 amide bonds. The van der Waals surface area contributed by atoms with E-state index in [9.17, 15) is 0 Å². The highest BCUT2D eigenvalue weighted by molar-refractivity contribution is 5.27. The molecule has 0 unspecified atom stereocenters. The highest BCUT2D eigenvalue weighted by Gasteiger charge is 2.00. The van der Waals surface area contributed by atoms with E-state index in [2.05, 4.69) is 9.97 Å². The van der Waals surface area contributed by atoms with Crippen LogP contribution in [0.2, 0.25) is 0 Å². The molecule has 0 aliphatic heterocycles. The van der Waals surface area contributed by atoms with Crippen LogP contribution >= 0.6 is 0 Å². The standard InChI is InChI=1S/C15H18N2O2/c1-10-5-14(6-11(2)16-10)18-9-19-15-7-12(3)17-13(4)8-15/h5-8H,9H2,1-4H3. The molecule has 19 heavy (non-hydrogen) atoms. The summed E-state index contributed by atoms with van der Waals surface area (Å²) in [5.41, 5.74) is 3.74. The molecule has 2 aromatic heterocycles. The number of aryl methyl sites for hydroxylation is 4. The molecular weight excluding hydrogens is 240 g/mol. The van der Waals surface area contributed by atoms with Crippen LogP contribution in [0.5, 0.6) is 11.5 Å². The molecule has 4 nitrogen and oxygen atoms in total. The highest BCUT2D eigenvalue weighted by Crippen LogP contribution is 2.16. The Balaban J connectivity index is 1.96. The average Bonchev–Trinajstić information content (AvgIpc) is 2.26. The van der Waals surface area contributed by atoms with E-state index in [-0.39, 0.29) is 6.79 Å². The van der Waals surface area contributed by atoms with Crippen molar-refractivity contribution < 1.29 is 9.47 Å². The summed E-state index contributed by atoms with van der Waals surface area (Å²) in [5, 5.41) is 0. The molecule has 0 spiro atoms. The monoisotopic (exact) mass is 258 g/mol. The molecule has 0 N–H and O–H groups in total. The molecule has 2 aromatic rings. The minimum atomic E-state index is 0.172. The summed E-state index contributed by atoms with van der Waals surface area (Å²) in [7, 11) is 0. The molecule has 100 valence electrons. The fourth-order valence-corrected chi connectivity index (χ4v) is 1.92.